The number of aryl methyl sites for hydroxylation is 1. The van der Waals surface area contributed by atoms with Crippen LogP contribution in [0.5, 0.6) is 0 Å². The van der Waals surface area contributed by atoms with Crippen LogP contribution in [-0.2, 0) is 6.42 Å². The molecule has 2 rings (SSSR count). The fourth-order valence-corrected chi connectivity index (χ4v) is 2.00. The number of nitrogens with two attached hydrogens (primary N) is 1. The van der Waals surface area contributed by atoms with Gasteiger partial charge in [0.15, 0.2) is 0 Å². The second-order valence-corrected chi connectivity index (χ2v) is 4.18. The van der Waals surface area contributed by atoms with Gasteiger partial charge >= 0.3 is 0 Å². The summed E-state index contributed by atoms with van der Waals surface area (Å²) in [6, 6.07) is 11.0. The summed E-state index contributed by atoms with van der Waals surface area (Å²) in [6.07, 6.45) is 0.883. The number of hydrogen-bond acceptors (Lipinski definition) is 1. The summed E-state index contributed by atoms with van der Waals surface area (Å²) < 4.78 is 13.5. The Hall–Kier alpha value is -1.83. The molecule has 0 atom stereocenters. The zero-order valence-electron chi connectivity index (χ0n) is 10.1. The molecule has 2 N–H and O–H groups in total. The molecular weight excluding hydrogens is 213 g/mol. The molecule has 0 spiro atoms. The minimum absolute atomic E-state index is 0.169. The molecule has 0 saturated heterocycles. The molecule has 2 aromatic rings. The van der Waals surface area contributed by atoms with Gasteiger partial charge < -0.3 is 5.73 Å². The zero-order chi connectivity index (χ0) is 12.4. The largest absolute Gasteiger partial charge is 0.399 e. The van der Waals surface area contributed by atoms with E-state index in [1.54, 1.807) is 13.0 Å². The SMILES string of the molecule is CCc1cc(-c2cccc(F)c2C)ccc1N. The summed E-state index contributed by atoms with van der Waals surface area (Å²) >= 11 is 0. The first kappa shape index (κ1) is 11.6. The Morgan fingerprint density at radius 2 is 1.94 bits per heavy atom. The number of benzene rings is 2. The second kappa shape index (κ2) is 4.58. The number of anilines is 1. The zero-order valence-corrected chi connectivity index (χ0v) is 10.1. The van der Waals surface area contributed by atoms with E-state index in [9.17, 15) is 4.39 Å². The van der Waals surface area contributed by atoms with E-state index >= 15 is 0 Å². The predicted molar refractivity (Wildman–Crippen MR) is 70.4 cm³/mol. The van der Waals surface area contributed by atoms with Crippen molar-refractivity contribution in [1.29, 1.82) is 0 Å². The maximum Gasteiger partial charge on any atom is 0.126 e. The van der Waals surface area contributed by atoms with Crippen LogP contribution in [0.15, 0.2) is 36.4 Å². The van der Waals surface area contributed by atoms with Gasteiger partial charge in [-0.25, -0.2) is 4.39 Å². The van der Waals surface area contributed by atoms with Gasteiger partial charge in [0.2, 0.25) is 0 Å². The molecule has 88 valence electrons. The molecule has 0 radical (unpaired) electrons. The Morgan fingerprint density at radius 3 is 2.65 bits per heavy atom. The third-order valence-corrected chi connectivity index (χ3v) is 3.10. The quantitative estimate of drug-likeness (QED) is 0.775. The third-order valence-electron chi connectivity index (χ3n) is 3.10. The Labute approximate surface area is 101 Å². The molecule has 0 aliphatic carbocycles. The highest BCUT2D eigenvalue weighted by Gasteiger charge is 2.07. The molecule has 2 aromatic carbocycles. The normalized spacial score (nSPS) is 10.5. The van der Waals surface area contributed by atoms with Crippen molar-refractivity contribution in [2.24, 2.45) is 0 Å². The van der Waals surface area contributed by atoms with Crippen molar-refractivity contribution in [3.05, 3.63) is 53.3 Å². The molecule has 0 amide bonds. The van der Waals surface area contributed by atoms with Gasteiger partial charge in [0.25, 0.3) is 0 Å². The Balaban J connectivity index is 2.57. The highest BCUT2D eigenvalue weighted by Crippen LogP contribution is 2.27. The standard InChI is InChI=1S/C15H16FN/c1-3-11-9-12(7-8-15(11)17)13-5-4-6-14(16)10(13)2/h4-9H,3,17H2,1-2H3. The topological polar surface area (TPSA) is 26.0 Å². The van der Waals surface area contributed by atoms with E-state index < -0.39 is 0 Å². The first-order valence-electron chi connectivity index (χ1n) is 5.77. The van der Waals surface area contributed by atoms with Crippen LogP contribution in [0.4, 0.5) is 10.1 Å². The predicted octanol–water partition coefficient (Wildman–Crippen LogP) is 3.95. The highest BCUT2D eigenvalue weighted by molar-refractivity contribution is 5.70. The molecule has 0 aliphatic heterocycles. The first-order chi connectivity index (χ1) is 8.13. The van der Waals surface area contributed by atoms with Gasteiger partial charge in [-0.05, 0) is 53.8 Å². The van der Waals surface area contributed by atoms with Crippen LogP contribution in [0.25, 0.3) is 11.1 Å². The summed E-state index contributed by atoms with van der Waals surface area (Å²) in [4.78, 5) is 0. The average molecular weight is 229 g/mol. The second-order valence-electron chi connectivity index (χ2n) is 4.18. The fraction of sp³-hybridized carbons (Fsp3) is 0.200. The van der Waals surface area contributed by atoms with Gasteiger partial charge in [-0.3, -0.25) is 0 Å². The van der Waals surface area contributed by atoms with Crippen molar-refractivity contribution >= 4 is 5.69 Å². The molecule has 17 heavy (non-hydrogen) atoms. The molecule has 0 aliphatic rings. The minimum atomic E-state index is -0.169. The van der Waals surface area contributed by atoms with E-state index in [0.717, 1.165) is 28.8 Å². The van der Waals surface area contributed by atoms with Crippen LogP contribution in [0.2, 0.25) is 0 Å². The summed E-state index contributed by atoms with van der Waals surface area (Å²) in [5, 5.41) is 0. The van der Waals surface area contributed by atoms with Crippen LogP contribution in [0.1, 0.15) is 18.1 Å². The van der Waals surface area contributed by atoms with Crippen molar-refractivity contribution in [2.75, 3.05) is 5.73 Å². The molecule has 0 bridgehead atoms. The molecule has 0 unspecified atom stereocenters. The van der Waals surface area contributed by atoms with Gasteiger partial charge in [-0.1, -0.05) is 25.1 Å². The molecule has 0 aromatic heterocycles. The van der Waals surface area contributed by atoms with Crippen molar-refractivity contribution < 1.29 is 4.39 Å². The highest BCUT2D eigenvalue weighted by atomic mass is 19.1. The van der Waals surface area contributed by atoms with Gasteiger partial charge in [-0.15, -0.1) is 0 Å². The number of rotatable bonds is 2. The summed E-state index contributed by atoms with van der Waals surface area (Å²) in [5.41, 5.74) is 10.4. The smallest absolute Gasteiger partial charge is 0.126 e. The van der Waals surface area contributed by atoms with E-state index in [2.05, 4.69) is 6.92 Å². The van der Waals surface area contributed by atoms with Crippen LogP contribution < -0.4 is 5.73 Å². The van der Waals surface area contributed by atoms with Crippen molar-refractivity contribution in [3.63, 3.8) is 0 Å². The molecule has 0 fully saturated rings. The van der Waals surface area contributed by atoms with E-state index in [0.29, 0.717) is 5.56 Å². The molecular formula is C15H16FN. The Morgan fingerprint density at radius 1 is 1.18 bits per heavy atom. The molecule has 0 saturated carbocycles. The van der Waals surface area contributed by atoms with Crippen molar-refractivity contribution in [3.8, 4) is 11.1 Å². The maximum atomic E-state index is 13.5. The third kappa shape index (κ3) is 2.16. The average Bonchev–Trinajstić information content (AvgIpc) is 2.34. The van der Waals surface area contributed by atoms with Crippen LogP contribution >= 0.6 is 0 Å². The Bertz CT molecular complexity index is 547. The van der Waals surface area contributed by atoms with E-state index in [-0.39, 0.29) is 5.82 Å². The maximum absolute atomic E-state index is 13.5. The lowest BCUT2D eigenvalue weighted by Gasteiger charge is -2.10. The summed E-state index contributed by atoms with van der Waals surface area (Å²) in [7, 11) is 0. The molecule has 2 heteroatoms. The lowest BCUT2D eigenvalue weighted by molar-refractivity contribution is 0.619. The summed E-state index contributed by atoms with van der Waals surface area (Å²) in [5.74, 6) is -0.169. The van der Waals surface area contributed by atoms with Crippen LogP contribution in [-0.4, -0.2) is 0 Å². The first-order valence-corrected chi connectivity index (χ1v) is 5.77. The van der Waals surface area contributed by atoms with Crippen LogP contribution in [0, 0.1) is 12.7 Å². The lowest BCUT2D eigenvalue weighted by Crippen LogP contribution is -1.94. The lowest BCUT2D eigenvalue weighted by atomic mass is 9.97. The van der Waals surface area contributed by atoms with E-state index in [4.69, 9.17) is 5.73 Å². The van der Waals surface area contributed by atoms with E-state index in [1.165, 1.54) is 6.07 Å². The summed E-state index contributed by atoms with van der Waals surface area (Å²) in [6.45, 7) is 3.86. The van der Waals surface area contributed by atoms with Gasteiger partial charge in [0.05, 0.1) is 0 Å². The van der Waals surface area contributed by atoms with Gasteiger partial charge in [0.1, 0.15) is 5.82 Å². The van der Waals surface area contributed by atoms with Gasteiger partial charge in [0, 0.05) is 5.69 Å². The monoisotopic (exact) mass is 229 g/mol. The van der Waals surface area contributed by atoms with E-state index in [1.807, 2.05) is 24.3 Å². The minimum Gasteiger partial charge on any atom is -0.399 e. The number of halogens is 1. The Kier molecular flexibility index (Phi) is 3.14. The van der Waals surface area contributed by atoms with Crippen LogP contribution in [0.3, 0.4) is 0 Å². The number of hydrogen-bond donors (Lipinski definition) is 1. The van der Waals surface area contributed by atoms with Gasteiger partial charge in [-0.2, -0.15) is 0 Å². The molecule has 0 heterocycles. The number of nitrogen functional groups attached to an aromatic ring is 1. The van der Waals surface area contributed by atoms with Crippen molar-refractivity contribution in [2.45, 2.75) is 20.3 Å². The van der Waals surface area contributed by atoms with Crippen molar-refractivity contribution in [1.82, 2.24) is 0 Å². The fourth-order valence-electron chi connectivity index (χ4n) is 2.00. The molecule has 1 nitrogen and oxygen atoms in total.